The van der Waals surface area contributed by atoms with Crippen molar-refractivity contribution in [2.45, 2.75) is 6.54 Å². The van der Waals surface area contributed by atoms with Gasteiger partial charge in [0.25, 0.3) is 5.56 Å². The highest BCUT2D eigenvalue weighted by Gasteiger charge is 2.17. The normalized spacial score (nSPS) is 11.1. The molecule has 0 aliphatic rings. The molecule has 1 aromatic carbocycles. The second kappa shape index (κ2) is 6.24. The molecule has 0 radical (unpaired) electrons. The maximum absolute atomic E-state index is 12.8. The number of fused-ring (bicyclic) bond motifs is 1. The Kier molecular flexibility index (Phi) is 3.89. The molecule has 3 aromatic heterocycles. The Bertz CT molecular complexity index is 1220. The standard InChI is InChI=1S/C19H13ClN2O4/c20-13-4-1-3-12(9-13)10-22-7-6-21-11-14(15-5-2-8-26-15)17(23)18(24)16(21)19(22)25/h1-9,11,24H,10H2. The number of furan rings is 1. The molecular formula is C19H13ClN2O4. The summed E-state index contributed by atoms with van der Waals surface area (Å²) < 4.78 is 8.06. The molecule has 1 N–H and O–H groups in total. The molecule has 0 bridgehead atoms. The van der Waals surface area contributed by atoms with Gasteiger partial charge in [-0.25, -0.2) is 0 Å². The van der Waals surface area contributed by atoms with E-state index >= 15 is 0 Å². The van der Waals surface area contributed by atoms with Gasteiger partial charge in [0, 0.05) is 23.6 Å². The fourth-order valence-electron chi connectivity index (χ4n) is 2.87. The Balaban J connectivity index is 1.88. The van der Waals surface area contributed by atoms with E-state index in [9.17, 15) is 14.7 Å². The van der Waals surface area contributed by atoms with Crippen molar-refractivity contribution in [1.29, 1.82) is 0 Å². The van der Waals surface area contributed by atoms with Gasteiger partial charge in [-0.15, -0.1) is 0 Å². The van der Waals surface area contributed by atoms with Crippen LogP contribution in [0.1, 0.15) is 5.56 Å². The molecule has 3 heterocycles. The Hall–Kier alpha value is -3.25. The van der Waals surface area contributed by atoms with Gasteiger partial charge < -0.3 is 18.5 Å². The third-order valence-electron chi connectivity index (χ3n) is 4.11. The van der Waals surface area contributed by atoms with Gasteiger partial charge in [-0.05, 0) is 29.8 Å². The SMILES string of the molecule is O=c1c(-c2ccco2)cn2ccn(Cc3cccc(Cl)c3)c(=O)c2c1O. The lowest BCUT2D eigenvalue weighted by Gasteiger charge is -2.10. The van der Waals surface area contributed by atoms with Crippen LogP contribution in [0.15, 0.2) is 75.3 Å². The third kappa shape index (κ3) is 2.70. The first-order valence-corrected chi connectivity index (χ1v) is 8.18. The zero-order valence-corrected chi connectivity index (χ0v) is 14.2. The van der Waals surface area contributed by atoms with Gasteiger partial charge in [-0.3, -0.25) is 9.59 Å². The minimum atomic E-state index is -0.655. The second-order valence-electron chi connectivity index (χ2n) is 5.81. The van der Waals surface area contributed by atoms with Crippen LogP contribution in [0.3, 0.4) is 0 Å². The maximum atomic E-state index is 12.8. The highest BCUT2D eigenvalue weighted by Crippen LogP contribution is 2.20. The third-order valence-corrected chi connectivity index (χ3v) is 4.34. The summed E-state index contributed by atoms with van der Waals surface area (Å²) in [5, 5.41) is 10.9. The number of hydrogen-bond acceptors (Lipinski definition) is 4. The number of aromatic hydroxyl groups is 1. The van der Waals surface area contributed by atoms with Gasteiger partial charge in [0.1, 0.15) is 5.76 Å². The van der Waals surface area contributed by atoms with Crippen LogP contribution < -0.4 is 11.0 Å². The summed E-state index contributed by atoms with van der Waals surface area (Å²) in [6.45, 7) is 0.267. The topological polar surface area (TPSA) is 76.9 Å². The average molecular weight is 369 g/mol. The Morgan fingerprint density at radius 3 is 2.69 bits per heavy atom. The summed E-state index contributed by atoms with van der Waals surface area (Å²) in [6.07, 6.45) is 6.10. The number of aromatic nitrogens is 2. The van der Waals surface area contributed by atoms with E-state index in [1.54, 1.807) is 42.7 Å². The van der Waals surface area contributed by atoms with E-state index in [1.165, 1.54) is 21.4 Å². The Morgan fingerprint density at radius 1 is 1.12 bits per heavy atom. The van der Waals surface area contributed by atoms with E-state index in [1.807, 2.05) is 6.07 Å². The number of nitrogens with zero attached hydrogens (tertiary/aromatic N) is 2. The van der Waals surface area contributed by atoms with Gasteiger partial charge in [-0.1, -0.05) is 23.7 Å². The zero-order chi connectivity index (χ0) is 18.3. The van der Waals surface area contributed by atoms with Crippen molar-refractivity contribution in [3.05, 3.63) is 92.4 Å². The quantitative estimate of drug-likeness (QED) is 0.602. The molecule has 7 heteroatoms. The van der Waals surface area contributed by atoms with Crippen molar-refractivity contribution in [1.82, 2.24) is 8.97 Å². The first-order valence-electron chi connectivity index (χ1n) is 7.80. The predicted octanol–water partition coefficient (Wildman–Crippen LogP) is 3.13. The molecule has 0 saturated carbocycles. The minimum Gasteiger partial charge on any atom is -0.503 e. The summed E-state index contributed by atoms with van der Waals surface area (Å²) in [5.74, 6) is -0.285. The maximum Gasteiger partial charge on any atom is 0.279 e. The molecule has 0 aliphatic heterocycles. The van der Waals surface area contributed by atoms with Crippen molar-refractivity contribution in [2.24, 2.45) is 0 Å². The highest BCUT2D eigenvalue weighted by atomic mass is 35.5. The molecule has 0 unspecified atom stereocenters. The van der Waals surface area contributed by atoms with Crippen molar-refractivity contribution >= 4 is 17.1 Å². The lowest BCUT2D eigenvalue weighted by Crippen LogP contribution is -2.24. The van der Waals surface area contributed by atoms with E-state index < -0.39 is 16.7 Å². The van der Waals surface area contributed by atoms with Gasteiger partial charge in [0.2, 0.25) is 5.43 Å². The molecule has 0 fully saturated rings. The van der Waals surface area contributed by atoms with Crippen LogP contribution in [-0.2, 0) is 6.54 Å². The Morgan fingerprint density at radius 2 is 1.96 bits per heavy atom. The number of halogens is 1. The van der Waals surface area contributed by atoms with E-state index in [0.717, 1.165) is 5.56 Å². The molecule has 0 amide bonds. The van der Waals surface area contributed by atoms with Crippen molar-refractivity contribution in [2.75, 3.05) is 0 Å². The Labute approximate surface area is 152 Å². The van der Waals surface area contributed by atoms with Crippen LogP contribution >= 0.6 is 11.6 Å². The summed E-state index contributed by atoms with van der Waals surface area (Å²) >= 11 is 5.98. The van der Waals surface area contributed by atoms with Crippen LogP contribution in [0, 0.1) is 0 Å². The van der Waals surface area contributed by atoms with Gasteiger partial charge in [-0.2, -0.15) is 0 Å². The van der Waals surface area contributed by atoms with E-state index in [0.29, 0.717) is 10.8 Å². The van der Waals surface area contributed by atoms with E-state index in [-0.39, 0.29) is 17.6 Å². The fourth-order valence-corrected chi connectivity index (χ4v) is 3.08. The lowest BCUT2D eigenvalue weighted by atomic mass is 10.2. The zero-order valence-electron chi connectivity index (χ0n) is 13.4. The van der Waals surface area contributed by atoms with Crippen molar-refractivity contribution < 1.29 is 9.52 Å². The first kappa shape index (κ1) is 16.2. The molecule has 0 saturated heterocycles. The minimum absolute atomic E-state index is 0.0881. The number of hydrogen-bond donors (Lipinski definition) is 1. The summed E-state index contributed by atoms with van der Waals surface area (Å²) in [6, 6.07) is 10.4. The van der Waals surface area contributed by atoms with Crippen LogP contribution in [-0.4, -0.2) is 14.1 Å². The van der Waals surface area contributed by atoms with Crippen LogP contribution in [0.4, 0.5) is 0 Å². The van der Waals surface area contributed by atoms with Crippen molar-refractivity contribution in [3.63, 3.8) is 0 Å². The number of pyridine rings is 1. The van der Waals surface area contributed by atoms with E-state index in [4.69, 9.17) is 16.0 Å². The van der Waals surface area contributed by atoms with E-state index in [2.05, 4.69) is 0 Å². The molecular weight excluding hydrogens is 356 g/mol. The average Bonchev–Trinajstić information content (AvgIpc) is 3.14. The molecule has 130 valence electrons. The van der Waals surface area contributed by atoms with Crippen LogP contribution in [0.2, 0.25) is 5.02 Å². The molecule has 6 nitrogen and oxygen atoms in total. The molecule has 26 heavy (non-hydrogen) atoms. The lowest BCUT2D eigenvalue weighted by molar-refractivity contribution is 0.472. The predicted molar refractivity (Wildman–Crippen MR) is 97.8 cm³/mol. The number of benzene rings is 1. The summed E-state index contributed by atoms with van der Waals surface area (Å²) in [4.78, 5) is 25.2. The second-order valence-corrected chi connectivity index (χ2v) is 6.25. The monoisotopic (exact) mass is 368 g/mol. The van der Waals surface area contributed by atoms with Crippen LogP contribution in [0.5, 0.6) is 5.75 Å². The first-order chi connectivity index (χ1) is 12.5. The van der Waals surface area contributed by atoms with Crippen molar-refractivity contribution in [3.8, 4) is 17.1 Å². The van der Waals surface area contributed by atoms with Crippen LogP contribution in [0.25, 0.3) is 16.8 Å². The smallest absolute Gasteiger partial charge is 0.279 e. The largest absolute Gasteiger partial charge is 0.503 e. The molecule has 0 aliphatic carbocycles. The number of rotatable bonds is 3. The molecule has 0 atom stereocenters. The molecule has 4 aromatic rings. The molecule has 4 rings (SSSR count). The summed E-state index contributed by atoms with van der Waals surface area (Å²) in [5.41, 5.74) is -0.213. The van der Waals surface area contributed by atoms with Gasteiger partial charge in [0.05, 0.1) is 18.4 Å². The highest BCUT2D eigenvalue weighted by molar-refractivity contribution is 6.30. The summed E-state index contributed by atoms with van der Waals surface area (Å²) in [7, 11) is 0. The van der Waals surface area contributed by atoms with Gasteiger partial charge in [0.15, 0.2) is 11.3 Å². The fraction of sp³-hybridized carbons (Fsp3) is 0.0526. The van der Waals surface area contributed by atoms with Gasteiger partial charge >= 0.3 is 0 Å². The molecule has 0 spiro atoms.